The maximum atomic E-state index is 8.92. The number of aliphatic hydroxyl groups excluding tert-OH is 1. The lowest BCUT2D eigenvalue weighted by Crippen LogP contribution is -2.31. The summed E-state index contributed by atoms with van der Waals surface area (Å²) in [6.07, 6.45) is 0.883. The highest BCUT2D eigenvalue weighted by atomic mass is 16.3. The quantitative estimate of drug-likeness (QED) is 0.692. The Morgan fingerprint density at radius 2 is 2.00 bits per heavy atom. The summed E-state index contributed by atoms with van der Waals surface area (Å²) in [5.74, 6) is 0. The Morgan fingerprint density at radius 3 is 2.50 bits per heavy atom. The zero-order valence-corrected chi connectivity index (χ0v) is 7.33. The average molecular weight is 165 g/mol. The Morgan fingerprint density at radius 1 is 1.33 bits per heavy atom. The second-order valence-electron chi connectivity index (χ2n) is 2.86. The minimum atomic E-state index is 0.174. The van der Waals surface area contributed by atoms with E-state index < -0.39 is 0 Å². The maximum Gasteiger partial charge on any atom is 0.0587 e. The molecule has 0 heterocycles. The fourth-order valence-electron chi connectivity index (χ4n) is 1.16. The Balaban J connectivity index is 2.51. The van der Waals surface area contributed by atoms with Gasteiger partial charge in [0.15, 0.2) is 0 Å². The highest BCUT2D eigenvalue weighted by molar-refractivity contribution is 5.15. The van der Waals surface area contributed by atoms with Crippen LogP contribution in [0.5, 0.6) is 0 Å². The van der Waals surface area contributed by atoms with Gasteiger partial charge in [-0.2, -0.15) is 0 Å². The molecule has 0 unspecified atom stereocenters. The van der Waals surface area contributed by atoms with Gasteiger partial charge >= 0.3 is 0 Å². The van der Waals surface area contributed by atoms with Gasteiger partial charge in [0, 0.05) is 6.04 Å². The van der Waals surface area contributed by atoms with Crippen LogP contribution in [-0.4, -0.2) is 24.8 Å². The molecule has 0 aliphatic carbocycles. The smallest absolute Gasteiger partial charge is 0.0587 e. The van der Waals surface area contributed by atoms with E-state index in [0.717, 1.165) is 6.42 Å². The van der Waals surface area contributed by atoms with E-state index in [0.29, 0.717) is 0 Å². The van der Waals surface area contributed by atoms with Crippen molar-refractivity contribution in [1.82, 2.24) is 5.32 Å². The van der Waals surface area contributed by atoms with Crippen LogP contribution >= 0.6 is 0 Å². The van der Waals surface area contributed by atoms with Gasteiger partial charge in [-0.1, -0.05) is 30.3 Å². The van der Waals surface area contributed by atoms with E-state index in [1.54, 1.807) is 0 Å². The predicted molar refractivity (Wildman–Crippen MR) is 50.1 cm³/mol. The summed E-state index contributed by atoms with van der Waals surface area (Å²) in [6, 6.07) is 10.3. The highest BCUT2D eigenvalue weighted by Crippen LogP contribution is 2.01. The molecule has 1 rings (SSSR count). The molecule has 2 nitrogen and oxygen atoms in total. The summed E-state index contributed by atoms with van der Waals surface area (Å²) in [4.78, 5) is 0. The Kier molecular flexibility index (Phi) is 3.77. The Hall–Kier alpha value is -0.860. The zero-order chi connectivity index (χ0) is 8.81. The normalized spacial score (nSPS) is 12.8. The van der Waals surface area contributed by atoms with Crippen LogP contribution < -0.4 is 5.32 Å². The van der Waals surface area contributed by atoms with Crippen LogP contribution in [0.4, 0.5) is 0 Å². The first-order chi connectivity index (χ1) is 5.86. The summed E-state index contributed by atoms with van der Waals surface area (Å²) >= 11 is 0. The standard InChI is InChI=1S/C10H15NO/c1-11-10(8-12)7-9-5-3-2-4-6-9/h2-6,10-12H,7-8H2,1H3/t10-/m1/s1. The molecule has 0 radical (unpaired) electrons. The molecule has 0 aliphatic heterocycles. The van der Waals surface area contributed by atoms with Crippen molar-refractivity contribution >= 4 is 0 Å². The highest BCUT2D eigenvalue weighted by Gasteiger charge is 2.03. The minimum absolute atomic E-state index is 0.174. The summed E-state index contributed by atoms with van der Waals surface area (Å²) in [5, 5.41) is 12.0. The van der Waals surface area contributed by atoms with Crippen LogP contribution in [0.25, 0.3) is 0 Å². The second-order valence-corrected chi connectivity index (χ2v) is 2.86. The summed E-state index contributed by atoms with van der Waals surface area (Å²) in [5.41, 5.74) is 1.26. The lowest BCUT2D eigenvalue weighted by molar-refractivity contribution is 0.248. The number of nitrogens with one attached hydrogen (secondary N) is 1. The monoisotopic (exact) mass is 165 g/mol. The maximum absolute atomic E-state index is 8.92. The molecule has 0 saturated heterocycles. The Labute approximate surface area is 73.2 Å². The third-order valence-corrected chi connectivity index (χ3v) is 1.95. The van der Waals surface area contributed by atoms with Crippen molar-refractivity contribution in [2.24, 2.45) is 0 Å². The molecule has 12 heavy (non-hydrogen) atoms. The predicted octanol–water partition coefficient (Wildman–Crippen LogP) is 0.809. The summed E-state index contributed by atoms with van der Waals surface area (Å²) in [7, 11) is 1.86. The number of benzene rings is 1. The fourth-order valence-corrected chi connectivity index (χ4v) is 1.16. The topological polar surface area (TPSA) is 32.3 Å². The van der Waals surface area contributed by atoms with Gasteiger partial charge in [0.25, 0.3) is 0 Å². The van der Waals surface area contributed by atoms with Gasteiger partial charge in [-0.05, 0) is 19.0 Å². The van der Waals surface area contributed by atoms with Crippen molar-refractivity contribution < 1.29 is 5.11 Å². The lowest BCUT2D eigenvalue weighted by atomic mass is 10.1. The Bertz CT molecular complexity index is 206. The van der Waals surface area contributed by atoms with Crippen molar-refractivity contribution in [3.8, 4) is 0 Å². The van der Waals surface area contributed by atoms with E-state index in [4.69, 9.17) is 5.11 Å². The van der Waals surface area contributed by atoms with Gasteiger partial charge in [-0.25, -0.2) is 0 Å². The summed E-state index contributed by atoms with van der Waals surface area (Å²) in [6.45, 7) is 0.186. The van der Waals surface area contributed by atoms with Gasteiger partial charge in [-0.15, -0.1) is 0 Å². The van der Waals surface area contributed by atoms with E-state index in [-0.39, 0.29) is 12.6 Å². The molecule has 66 valence electrons. The van der Waals surface area contributed by atoms with Gasteiger partial charge in [0.05, 0.1) is 6.61 Å². The first-order valence-electron chi connectivity index (χ1n) is 4.19. The van der Waals surface area contributed by atoms with Crippen LogP contribution in [0.1, 0.15) is 5.56 Å². The molecule has 0 saturated carbocycles. The van der Waals surface area contributed by atoms with Gasteiger partial charge in [0.1, 0.15) is 0 Å². The number of aliphatic hydroxyl groups is 1. The van der Waals surface area contributed by atoms with Crippen molar-refractivity contribution in [2.45, 2.75) is 12.5 Å². The number of hydrogen-bond acceptors (Lipinski definition) is 2. The lowest BCUT2D eigenvalue weighted by Gasteiger charge is -2.12. The first-order valence-corrected chi connectivity index (χ1v) is 4.19. The molecule has 1 aromatic rings. The largest absolute Gasteiger partial charge is 0.395 e. The molecule has 1 aromatic carbocycles. The molecular formula is C10H15NO. The zero-order valence-electron chi connectivity index (χ0n) is 7.33. The van der Waals surface area contributed by atoms with Crippen LogP contribution in [-0.2, 0) is 6.42 Å². The van der Waals surface area contributed by atoms with E-state index >= 15 is 0 Å². The van der Waals surface area contributed by atoms with Gasteiger partial charge in [0.2, 0.25) is 0 Å². The number of likely N-dealkylation sites (N-methyl/N-ethyl adjacent to an activating group) is 1. The third kappa shape index (κ3) is 2.64. The molecule has 0 amide bonds. The summed E-state index contributed by atoms with van der Waals surface area (Å²) < 4.78 is 0. The van der Waals surface area contributed by atoms with Crippen LogP contribution in [0.3, 0.4) is 0 Å². The molecule has 0 bridgehead atoms. The van der Waals surface area contributed by atoms with E-state index in [2.05, 4.69) is 17.4 Å². The average Bonchev–Trinajstić information content (AvgIpc) is 2.16. The first kappa shape index (κ1) is 9.23. The molecule has 0 fully saturated rings. The second kappa shape index (κ2) is 4.91. The number of rotatable bonds is 4. The van der Waals surface area contributed by atoms with E-state index in [9.17, 15) is 0 Å². The molecule has 1 atom stereocenters. The van der Waals surface area contributed by atoms with Crippen LogP contribution in [0.15, 0.2) is 30.3 Å². The SMILES string of the molecule is CN[C@@H](CO)Cc1ccccc1. The molecule has 0 spiro atoms. The van der Waals surface area contributed by atoms with Crippen molar-refractivity contribution in [3.05, 3.63) is 35.9 Å². The number of hydrogen-bond donors (Lipinski definition) is 2. The van der Waals surface area contributed by atoms with Gasteiger partial charge in [-0.3, -0.25) is 0 Å². The molecule has 2 heteroatoms. The van der Waals surface area contributed by atoms with Crippen LogP contribution in [0, 0.1) is 0 Å². The van der Waals surface area contributed by atoms with E-state index in [1.165, 1.54) is 5.56 Å². The van der Waals surface area contributed by atoms with Gasteiger partial charge < -0.3 is 10.4 Å². The van der Waals surface area contributed by atoms with Crippen molar-refractivity contribution in [2.75, 3.05) is 13.7 Å². The third-order valence-electron chi connectivity index (χ3n) is 1.95. The fraction of sp³-hybridized carbons (Fsp3) is 0.400. The molecule has 0 aromatic heterocycles. The molecular weight excluding hydrogens is 150 g/mol. The van der Waals surface area contributed by atoms with Crippen molar-refractivity contribution in [3.63, 3.8) is 0 Å². The van der Waals surface area contributed by atoms with Crippen molar-refractivity contribution in [1.29, 1.82) is 0 Å². The van der Waals surface area contributed by atoms with E-state index in [1.807, 2.05) is 25.2 Å². The molecule has 2 N–H and O–H groups in total. The van der Waals surface area contributed by atoms with Crippen LogP contribution in [0.2, 0.25) is 0 Å². The minimum Gasteiger partial charge on any atom is -0.395 e. The molecule has 0 aliphatic rings.